The van der Waals surface area contributed by atoms with Gasteiger partial charge in [-0.05, 0) is 17.9 Å². The monoisotopic (exact) mass is 287 g/mol. The van der Waals surface area contributed by atoms with Crippen molar-refractivity contribution in [3.05, 3.63) is 41.6 Å². The van der Waals surface area contributed by atoms with E-state index in [0.717, 1.165) is 16.8 Å². The number of hydrogen-bond donors (Lipinski definition) is 3. The molecule has 0 fully saturated rings. The molecule has 0 saturated carbocycles. The second-order valence-corrected chi connectivity index (χ2v) is 6.65. The van der Waals surface area contributed by atoms with Crippen LogP contribution in [0.15, 0.2) is 30.5 Å². The number of H-pyrrole nitrogens is 1. The smallest absolute Gasteiger partial charge is 0.0712 e. The number of aryl methyl sites for hydroxylation is 1. The minimum atomic E-state index is -0.368. The lowest BCUT2D eigenvalue weighted by Crippen LogP contribution is -2.36. The van der Waals surface area contributed by atoms with E-state index in [1.54, 1.807) is 0 Å². The Morgan fingerprint density at radius 2 is 1.90 bits per heavy atom. The summed E-state index contributed by atoms with van der Waals surface area (Å²) in [4.78, 5) is 0. The molecule has 4 heteroatoms. The van der Waals surface area contributed by atoms with Gasteiger partial charge in [0.25, 0.3) is 0 Å². The van der Waals surface area contributed by atoms with E-state index in [1.807, 2.05) is 27.0 Å². The van der Waals surface area contributed by atoms with E-state index in [2.05, 4.69) is 46.7 Å². The van der Waals surface area contributed by atoms with Gasteiger partial charge in [0, 0.05) is 18.7 Å². The number of aromatic nitrogens is 2. The number of rotatable bonds is 5. The van der Waals surface area contributed by atoms with Gasteiger partial charge in [-0.25, -0.2) is 0 Å². The van der Waals surface area contributed by atoms with Crippen LogP contribution in [0.3, 0.4) is 0 Å². The van der Waals surface area contributed by atoms with Crippen LogP contribution in [0.1, 0.15) is 31.9 Å². The summed E-state index contributed by atoms with van der Waals surface area (Å²) in [6, 6.07) is 8.38. The summed E-state index contributed by atoms with van der Waals surface area (Å²) < 4.78 is 0. The summed E-state index contributed by atoms with van der Waals surface area (Å²) in [6.45, 7) is 9.45. The Balaban J connectivity index is 2.00. The van der Waals surface area contributed by atoms with Crippen LogP contribution in [0.2, 0.25) is 0 Å². The Morgan fingerprint density at radius 1 is 1.24 bits per heavy atom. The molecule has 0 aliphatic carbocycles. The highest BCUT2D eigenvalue weighted by Crippen LogP contribution is 2.22. The van der Waals surface area contributed by atoms with Gasteiger partial charge < -0.3 is 10.4 Å². The molecule has 114 valence electrons. The number of aliphatic hydroxyl groups is 1. The Hall–Kier alpha value is -1.65. The fourth-order valence-electron chi connectivity index (χ4n) is 2.07. The third kappa shape index (κ3) is 4.16. The van der Waals surface area contributed by atoms with E-state index >= 15 is 0 Å². The first-order valence-corrected chi connectivity index (χ1v) is 7.36. The third-order valence-corrected chi connectivity index (χ3v) is 3.71. The van der Waals surface area contributed by atoms with Gasteiger partial charge in [0.1, 0.15) is 0 Å². The average molecular weight is 287 g/mol. The van der Waals surface area contributed by atoms with Gasteiger partial charge in [0.2, 0.25) is 0 Å². The molecule has 1 unspecified atom stereocenters. The van der Waals surface area contributed by atoms with E-state index in [-0.39, 0.29) is 11.5 Å². The average Bonchev–Trinajstić information content (AvgIpc) is 2.87. The normalized spacial score (nSPS) is 13.4. The van der Waals surface area contributed by atoms with Crippen molar-refractivity contribution in [3.8, 4) is 11.3 Å². The molecule has 0 amide bonds. The largest absolute Gasteiger partial charge is 0.391 e. The Kier molecular flexibility index (Phi) is 4.80. The molecule has 0 aliphatic rings. The van der Waals surface area contributed by atoms with Crippen molar-refractivity contribution in [2.75, 3.05) is 6.54 Å². The molecule has 1 heterocycles. The molecule has 1 aromatic heterocycles. The van der Waals surface area contributed by atoms with Crippen molar-refractivity contribution in [1.82, 2.24) is 15.5 Å². The summed E-state index contributed by atoms with van der Waals surface area (Å²) in [7, 11) is 0. The SMILES string of the molecule is Cc1ccc(-c2[nH]ncc2CNCC(O)C(C)(C)C)cc1. The first-order valence-electron chi connectivity index (χ1n) is 7.36. The molecule has 0 radical (unpaired) electrons. The van der Waals surface area contributed by atoms with Crippen molar-refractivity contribution in [1.29, 1.82) is 0 Å². The topological polar surface area (TPSA) is 60.9 Å². The lowest BCUT2D eigenvalue weighted by Gasteiger charge is -2.26. The highest BCUT2D eigenvalue weighted by atomic mass is 16.3. The minimum absolute atomic E-state index is 0.108. The van der Waals surface area contributed by atoms with Crippen LogP contribution in [0.5, 0.6) is 0 Å². The molecular weight excluding hydrogens is 262 g/mol. The zero-order chi connectivity index (χ0) is 15.5. The highest BCUT2D eigenvalue weighted by Gasteiger charge is 2.21. The van der Waals surface area contributed by atoms with Crippen LogP contribution in [-0.2, 0) is 6.54 Å². The summed E-state index contributed by atoms with van der Waals surface area (Å²) in [5.74, 6) is 0. The van der Waals surface area contributed by atoms with Crippen molar-refractivity contribution >= 4 is 0 Å². The lowest BCUT2D eigenvalue weighted by atomic mass is 9.89. The van der Waals surface area contributed by atoms with E-state index < -0.39 is 0 Å². The number of nitrogens with zero attached hydrogens (tertiary/aromatic N) is 1. The molecule has 1 atom stereocenters. The second-order valence-electron chi connectivity index (χ2n) is 6.65. The quantitative estimate of drug-likeness (QED) is 0.792. The Labute approximate surface area is 126 Å². The molecule has 0 bridgehead atoms. The molecule has 4 nitrogen and oxygen atoms in total. The number of nitrogens with one attached hydrogen (secondary N) is 2. The Morgan fingerprint density at radius 3 is 2.52 bits per heavy atom. The summed E-state index contributed by atoms with van der Waals surface area (Å²) in [6.07, 6.45) is 1.47. The van der Waals surface area contributed by atoms with Crippen LogP contribution >= 0.6 is 0 Å². The summed E-state index contributed by atoms with van der Waals surface area (Å²) in [5.41, 5.74) is 4.41. The van der Waals surface area contributed by atoms with Crippen LogP contribution in [0.4, 0.5) is 0 Å². The van der Waals surface area contributed by atoms with Crippen LogP contribution in [0, 0.1) is 12.3 Å². The van der Waals surface area contributed by atoms with E-state index in [0.29, 0.717) is 13.1 Å². The maximum absolute atomic E-state index is 10.0. The predicted octanol–water partition coefficient (Wildman–Crippen LogP) is 2.88. The fraction of sp³-hybridized carbons (Fsp3) is 0.471. The van der Waals surface area contributed by atoms with Gasteiger partial charge >= 0.3 is 0 Å². The van der Waals surface area contributed by atoms with Crippen LogP contribution < -0.4 is 5.32 Å². The van der Waals surface area contributed by atoms with Crippen molar-refractivity contribution in [2.45, 2.75) is 40.3 Å². The van der Waals surface area contributed by atoms with Gasteiger partial charge in [-0.1, -0.05) is 50.6 Å². The number of hydrogen-bond acceptors (Lipinski definition) is 3. The zero-order valence-corrected chi connectivity index (χ0v) is 13.3. The van der Waals surface area contributed by atoms with Gasteiger partial charge in [-0.3, -0.25) is 5.10 Å². The summed E-state index contributed by atoms with van der Waals surface area (Å²) in [5, 5.41) is 20.5. The van der Waals surface area contributed by atoms with Gasteiger partial charge in [-0.2, -0.15) is 5.10 Å². The molecule has 0 spiro atoms. The molecule has 0 aliphatic heterocycles. The standard InChI is InChI=1S/C17H25N3O/c1-12-5-7-13(8-6-12)16-14(10-19-20-16)9-18-11-15(21)17(2,3)4/h5-8,10,15,18,21H,9,11H2,1-4H3,(H,19,20). The number of benzene rings is 1. The first kappa shape index (κ1) is 15.7. The molecule has 1 aromatic carbocycles. The molecule has 0 saturated heterocycles. The molecule has 2 rings (SSSR count). The fourth-order valence-corrected chi connectivity index (χ4v) is 2.07. The molecule has 2 aromatic rings. The van der Waals surface area contributed by atoms with Gasteiger partial charge in [0.05, 0.1) is 18.0 Å². The second kappa shape index (κ2) is 6.41. The summed E-state index contributed by atoms with van der Waals surface area (Å²) >= 11 is 0. The van der Waals surface area contributed by atoms with Gasteiger partial charge in [0.15, 0.2) is 0 Å². The van der Waals surface area contributed by atoms with Gasteiger partial charge in [-0.15, -0.1) is 0 Å². The van der Waals surface area contributed by atoms with E-state index in [9.17, 15) is 5.11 Å². The maximum Gasteiger partial charge on any atom is 0.0712 e. The lowest BCUT2D eigenvalue weighted by molar-refractivity contribution is 0.0628. The van der Waals surface area contributed by atoms with Crippen LogP contribution in [0.25, 0.3) is 11.3 Å². The molecule has 21 heavy (non-hydrogen) atoms. The number of aromatic amines is 1. The van der Waals surface area contributed by atoms with Crippen molar-refractivity contribution < 1.29 is 5.11 Å². The van der Waals surface area contributed by atoms with Crippen molar-refractivity contribution in [3.63, 3.8) is 0 Å². The number of aliphatic hydroxyl groups excluding tert-OH is 1. The minimum Gasteiger partial charge on any atom is -0.391 e. The third-order valence-electron chi connectivity index (χ3n) is 3.71. The first-order chi connectivity index (χ1) is 9.88. The van der Waals surface area contributed by atoms with Crippen molar-refractivity contribution in [2.24, 2.45) is 5.41 Å². The molecular formula is C17H25N3O. The van der Waals surface area contributed by atoms with E-state index in [4.69, 9.17) is 0 Å². The van der Waals surface area contributed by atoms with Crippen LogP contribution in [-0.4, -0.2) is 28.0 Å². The molecule has 3 N–H and O–H groups in total. The van der Waals surface area contributed by atoms with E-state index in [1.165, 1.54) is 5.56 Å². The zero-order valence-electron chi connectivity index (χ0n) is 13.3. The maximum atomic E-state index is 10.0. The highest BCUT2D eigenvalue weighted by molar-refractivity contribution is 5.62. The Bertz CT molecular complexity index is 566. The predicted molar refractivity (Wildman–Crippen MR) is 85.9 cm³/mol.